The van der Waals surface area contributed by atoms with Gasteiger partial charge in [0.2, 0.25) is 0 Å². The second-order valence-electron chi connectivity index (χ2n) is 5.30. The molecule has 0 aliphatic carbocycles. The summed E-state index contributed by atoms with van der Waals surface area (Å²) < 4.78 is 1.77. The van der Waals surface area contributed by atoms with E-state index in [1.165, 1.54) is 17.5 Å². The largest absolute Gasteiger partial charge is 0.382 e. The second-order valence-corrected chi connectivity index (χ2v) is 6.09. The van der Waals surface area contributed by atoms with Crippen molar-refractivity contribution < 1.29 is 0 Å². The van der Waals surface area contributed by atoms with Gasteiger partial charge in [-0.25, -0.2) is 4.68 Å². The lowest BCUT2D eigenvalue weighted by Gasteiger charge is -2.31. The third-order valence-electron chi connectivity index (χ3n) is 3.96. The molecule has 1 aliphatic heterocycles. The van der Waals surface area contributed by atoms with Gasteiger partial charge in [-0.15, -0.1) is 6.42 Å². The standard InChI is InChI=1S/C15H21BrN4O/c1-3-7-20-15(21)14(16)13(11-18-20)17-10-12-5-8-19(4-2)9-6-12/h1,11-12,17H,4-10H2,2H3. The van der Waals surface area contributed by atoms with Crippen LogP contribution in [0.25, 0.3) is 0 Å². The Morgan fingerprint density at radius 1 is 1.52 bits per heavy atom. The highest BCUT2D eigenvalue weighted by molar-refractivity contribution is 9.10. The summed E-state index contributed by atoms with van der Waals surface area (Å²) in [6, 6.07) is 0. The molecule has 1 N–H and O–H groups in total. The normalized spacial score (nSPS) is 16.6. The number of likely N-dealkylation sites (tertiary alicyclic amines) is 1. The first-order valence-corrected chi connectivity index (χ1v) is 8.10. The maximum absolute atomic E-state index is 12.0. The Morgan fingerprint density at radius 2 is 2.24 bits per heavy atom. The van der Waals surface area contributed by atoms with Crippen LogP contribution in [-0.2, 0) is 6.54 Å². The van der Waals surface area contributed by atoms with Crippen molar-refractivity contribution in [1.82, 2.24) is 14.7 Å². The number of piperidine rings is 1. The minimum atomic E-state index is -0.196. The SMILES string of the molecule is C#CCn1ncc(NCC2CCN(CC)CC2)c(Br)c1=O. The molecule has 2 rings (SSSR count). The van der Waals surface area contributed by atoms with Crippen molar-refractivity contribution in [3.63, 3.8) is 0 Å². The number of nitrogens with one attached hydrogen (secondary N) is 1. The molecule has 114 valence electrons. The van der Waals surface area contributed by atoms with Crippen molar-refractivity contribution in [1.29, 1.82) is 0 Å². The van der Waals surface area contributed by atoms with Crippen LogP contribution >= 0.6 is 15.9 Å². The summed E-state index contributed by atoms with van der Waals surface area (Å²) in [4.78, 5) is 14.5. The molecule has 0 aromatic carbocycles. The summed E-state index contributed by atoms with van der Waals surface area (Å²) in [5.74, 6) is 3.07. The lowest BCUT2D eigenvalue weighted by atomic mass is 9.97. The van der Waals surface area contributed by atoms with Crippen LogP contribution in [0.2, 0.25) is 0 Å². The fraction of sp³-hybridized carbons (Fsp3) is 0.600. The smallest absolute Gasteiger partial charge is 0.284 e. The minimum Gasteiger partial charge on any atom is -0.382 e. The van der Waals surface area contributed by atoms with Gasteiger partial charge < -0.3 is 10.2 Å². The average molecular weight is 353 g/mol. The number of hydrogen-bond acceptors (Lipinski definition) is 4. The molecule has 0 amide bonds. The lowest BCUT2D eigenvalue weighted by Crippen LogP contribution is -2.35. The summed E-state index contributed by atoms with van der Waals surface area (Å²) in [7, 11) is 0. The van der Waals surface area contributed by atoms with Gasteiger partial charge in [0.1, 0.15) is 11.0 Å². The zero-order chi connectivity index (χ0) is 15.2. The van der Waals surface area contributed by atoms with Gasteiger partial charge in [0, 0.05) is 6.54 Å². The molecule has 1 aromatic heterocycles. The molecule has 5 nitrogen and oxygen atoms in total. The van der Waals surface area contributed by atoms with E-state index in [1.54, 1.807) is 6.20 Å². The topological polar surface area (TPSA) is 50.2 Å². The number of anilines is 1. The predicted molar refractivity (Wildman–Crippen MR) is 88.4 cm³/mol. The van der Waals surface area contributed by atoms with Gasteiger partial charge in [-0.3, -0.25) is 4.79 Å². The highest BCUT2D eigenvalue weighted by Gasteiger charge is 2.18. The van der Waals surface area contributed by atoms with E-state index in [4.69, 9.17) is 6.42 Å². The van der Waals surface area contributed by atoms with E-state index in [2.05, 4.69) is 44.1 Å². The fourth-order valence-corrected chi connectivity index (χ4v) is 3.00. The Labute approximate surface area is 133 Å². The zero-order valence-electron chi connectivity index (χ0n) is 12.3. The van der Waals surface area contributed by atoms with Crippen LogP contribution in [0.4, 0.5) is 5.69 Å². The van der Waals surface area contributed by atoms with Gasteiger partial charge >= 0.3 is 0 Å². The Bertz CT molecular complexity index is 570. The van der Waals surface area contributed by atoms with Crippen molar-refractivity contribution in [2.75, 3.05) is 31.5 Å². The first-order valence-electron chi connectivity index (χ1n) is 7.31. The number of halogens is 1. The maximum Gasteiger partial charge on any atom is 0.284 e. The van der Waals surface area contributed by atoms with Crippen molar-refractivity contribution in [3.8, 4) is 12.3 Å². The summed E-state index contributed by atoms with van der Waals surface area (Å²) in [6.07, 6.45) is 9.26. The van der Waals surface area contributed by atoms with Crippen LogP contribution in [0.15, 0.2) is 15.5 Å². The number of hydrogen-bond donors (Lipinski definition) is 1. The monoisotopic (exact) mass is 352 g/mol. The van der Waals surface area contributed by atoms with Gasteiger partial charge in [0.05, 0.1) is 11.9 Å². The molecule has 0 atom stereocenters. The maximum atomic E-state index is 12.0. The third-order valence-corrected chi connectivity index (χ3v) is 4.73. The summed E-state index contributed by atoms with van der Waals surface area (Å²) in [5, 5.41) is 7.41. The van der Waals surface area contributed by atoms with E-state index in [-0.39, 0.29) is 12.1 Å². The number of aromatic nitrogens is 2. The molecule has 1 fully saturated rings. The minimum absolute atomic E-state index is 0.188. The van der Waals surface area contributed by atoms with Crippen molar-refractivity contribution in [2.24, 2.45) is 5.92 Å². The van der Waals surface area contributed by atoms with E-state index >= 15 is 0 Å². The van der Waals surface area contributed by atoms with Gasteiger partial charge in [-0.1, -0.05) is 12.8 Å². The van der Waals surface area contributed by atoms with Gasteiger partial charge in [0.15, 0.2) is 0 Å². The molecule has 6 heteroatoms. The molecule has 0 spiro atoms. The van der Waals surface area contributed by atoms with Crippen LogP contribution in [0.3, 0.4) is 0 Å². The zero-order valence-corrected chi connectivity index (χ0v) is 13.9. The van der Waals surface area contributed by atoms with Crippen molar-refractivity contribution in [2.45, 2.75) is 26.3 Å². The second kappa shape index (κ2) is 7.62. The van der Waals surface area contributed by atoms with E-state index < -0.39 is 0 Å². The predicted octanol–water partition coefficient (Wildman–Crippen LogP) is 1.78. The molecule has 2 heterocycles. The average Bonchev–Trinajstić information content (AvgIpc) is 2.52. The van der Waals surface area contributed by atoms with E-state index in [0.29, 0.717) is 10.4 Å². The van der Waals surface area contributed by atoms with Gasteiger partial charge in [-0.05, 0) is 54.3 Å². The van der Waals surface area contributed by atoms with Gasteiger partial charge in [0.25, 0.3) is 5.56 Å². The quantitative estimate of drug-likeness (QED) is 0.820. The van der Waals surface area contributed by atoms with Crippen molar-refractivity contribution in [3.05, 3.63) is 21.0 Å². The van der Waals surface area contributed by atoms with Crippen LogP contribution in [0, 0.1) is 18.3 Å². The van der Waals surface area contributed by atoms with Crippen LogP contribution in [-0.4, -0.2) is 40.9 Å². The molecule has 1 aromatic rings. The molecule has 1 saturated heterocycles. The Morgan fingerprint density at radius 3 is 2.86 bits per heavy atom. The Kier molecular flexibility index (Phi) is 5.83. The molecule has 0 bridgehead atoms. The summed E-state index contributed by atoms with van der Waals surface area (Å²) >= 11 is 3.33. The molecule has 21 heavy (non-hydrogen) atoms. The first-order chi connectivity index (χ1) is 10.2. The van der Waals surface area contributed by atoms with E-state index in [0.717, 1.165) is 31.9 Å². The lowest BCUT2D eigenvalue weighted by molar-refractivity contribution is 0.198. The van der Waals surface area contributed by atoms with Gasteiger partial charge in [-0.2, -0.15) is 5.10 Å². The molecule has 0 saturated carbocycles. The number of terminal acetylenes is 1. The molecular formula is C15H21BrN4O. The first kappa shape index (κ1) is 16.1. The molecular weight excluding hydrogens is 332 g/mol. The number of rotatable bonds is 5. The van der Waals surface area contributed by atoms with Crippen LogP contribution < -0.4 is 10.9 Å². The van der Waals surface area contributed by atoms with Crippen LogP contribution in [0.5, 0.6) is 0 Å². The highest BCUT2D eigenvalue weighted by Crippen LogP contribution is 2.20. The number of nitrogens with zero attached hydrogens (tertiary/aromatic N) is 3. The Hall–Kier alpha value is -1.32. The highest BCUT2D eigenvalue weighted by atomic mass is 79.9. The fourth-order valence-electron chi connectivity index (χ4n) is 2.55. The van der Waals surface area contributed by atoms with E-state index in [9.17, 15) is 4.79 Å². The van der Waals surface area contributed by atoms with Crippen LogP contribution in [0.1, 0.15) is 19.8 Å². The van der Waals surface area contributed by atoms with Crippen molar-refractivity contribution >= 4 is 21.6 Å². The Balaban J connectivity index is 1.94. The summed E-state index contributed by atoms with van der Waals surface area (Å²) in [6.45, 7) is 6.71. The molecule has 1 aliphatic rings. The molecule has 0 radical (unpaired) electrons. The summed E-state index contributed by atoms with van der Waals surface area (Å²) in [5.41, 5.74) is 0.546. The third kappa shape index (κ3) is 4.08. The molecule has 0 unspecified atom stereocenters. The van der Waals surface area contributed by atoms with E-state index in [1.807, 2.05) is 0 Å².